The zero-order valence-electron chi connectivity index (χ0n) is 17.8. The minimum Gasteiger partial charge on any atom is -0.357 e. The van der Waals surface area contributed by atoms with Crippen molar-refractivity contribution in [2.75, 3.05) is 0 Å². The molecule has 5 nitrogen and oxygen atoms in total. The predicted molar refractivity (Wildman–Crippen MR) is 119 cm³/mol. The molecule has 0 aliphatic heterocycles. The standard InChI is InChI=1S/C25H21F3N3O2/c1-18-8-2-3-11-22(18)33-29-13-7-14-30-17-21(24(32)31-15-5-4-12-23(30)31)19-9-6-10-20(16-19)25(26,27)28/h2-6,8-13,15-17H,7,14H2,1H3/q+1/b29-13+. The molecular weight excluding hydrogens is 431 g/mol. The van der Waals surface area contributed by atoms with Gasteiger partial charge in [-0.15, -0.1) is 0 Å². The highest BCUT2D eigenvalue weighted by Gasteiger charge is 2.31. The molecule has 0 fully saturated rings. The molecule has 2 aromatic carbocycles. The fraction of sp³-hybridized carbons (Fsp3) is 0.160. The van der Waals surface area contributed by atoms with Crippen LogP contribution in [0.5, 0.6) is 5.75 Å². The van der Waals surface area contributed by atoms with Gasteiger partial charge in [0.1, 0.15) is 11.8 Å². The first-order valence-electron chi connectivity index (χ1n) is 10.3. The summed E-state index contributed by atoms with van der Waals surface area (Å²) >= 11 is 0. The molecule has 4 rings (SSSR count). The Labute approximate surface area is 188 Å². The third-order valence-electron chi connectivity index (χ3n) is 5.19. The lowest BCUT2D eigenvalue weighted by Crippen LogP contribution is -2.40. The lowest BCUT2D eigenvalue weighted by atomic mass is 10.1. The molecule has 33 heavy (non-hydrogen) atoms. The van der Waals surface area contributed by atoms with Crippen molar-refractivity contribution < 1.29 is 22.6 Å². The normalized spacial score (nSPS) is 11.9. The largest absolute Gasteiger partial charge is 0.416 e. The van der Waals surface area contributed by atoms with Crippen molar-refractivity contribution in [3.05, 3.63) is 101 Å². The van der Waals surface area contributed by atoms with Crippen LogP contribution in [0.3, 0.4) is 0 Å². The highest BCUT2D eigenvalue weighted by atomic mass is 19.4. The second-order valence-corrected chi connectivity index (χ2v) is 7.48. The topological polar surface area (TPSA) is 47.0 Å². The third-order valence-corrected chi connectivity index (χ3v) is 5.19. The molecule has 0 saturated heterocycles. The molecule has 0 unspecified atom stereocenters. The summed E-state index contributed by atoms with van der Waals surface area (Å²) in [5, 5.41) is 4.00. The van der Waals surface area contributed by atoms with Gasteiger partial charge in [-0.25, -0.2) is 9.36 Å². The average molecular weight is 452 g/mol. The van der Waals surface area contributed by atoms with E-state index in [1.807, 2.05) is 35.8 Å². The van der Waals surface area contributed by atoms with E-state index < -0.39 is 17.3 Å². The van der Waals surface area contributed by atoms with Gasteiger partial charge < -0.3 is 4.84 Å². The first-order valence-corrected chi connectivity index (χ1v) is 10.3. The molecule has 0 bridgehead atoms. The highest BCUT2D eigenvalue weighted by Crippen LogP contribution is 2.31. The molecule has 0 radical (unpaired) electrons. The Kier molecular flexibility index (Phi) is 6.26. The van der Waals surface area contributed by atoms with E-state index in [9.17, 15) is 18.0 Å². The number of rotatable bonds is 6. The fourth-order valence-electron chi connectivity index (χ4n) is 3.49. The van der Waals surface area contributed by atoms with Gasteiger partial charge in [0.05, 0.1) is 18.3 Å². The summed E-state index contributed by atoms with van der Waals surface area (Å²) in [7, 11) is 0. The van der Waals surface area contributed by atoms with Crippen molar-refractivity contribution >= 4 is 11.9 Å². The van der Waals surface area contributed by atoms with Gasteiger partial charge in [-0.05, 0) is 42.3 Å². The number of nitrogens with zero attached hydrogens (tertiary/aromatic N) is 3. The lowest BCUT2D eigenvalue weighted by molar-refractivity contribution is -0.672. The van der Waals surface area contributed by atoms with E-state index in [0.29, 0.717) is 24.4 Å². The summed E-state index contributed by atoms with van der Waals surface area (Å²) < 4.78 is 42.8. The van der Waals surface area contributed by atoms with Gasteiger partial charge in [-0.3, -0.25) is 0 Å². The van der Waals surface area contributed by atoms with Crippen molar-refractivity contribution in [3.8, 4) is 16.9 Å². The van der Waals surface area contributed by atoms with E-state index in [1.54, 1.807) is 36.8 Å². The van der Waals surface area contributed by atoms with Gasteiger partial charge in [0.15, 0.2) is 5.75 Å². The predicted octanol–water partition coefficient (Wildman–Crippen LogP) is 5.04. The molecule has 4 aromatic rings. The number of alkyl halides is 3. The first-order chi connectivity index (χ1) is 15.8. The number of aryl methyl sites for hydroxylation is 2. The highest BCUT2D eigenvalue weighted by molar-refractivity contribution is 5.63. The Balaban J connectivity index is 1.63. The van der Waals surface area contributed by atoms with Crippen molar-refractivity contribution in [1.29, 1.82) is 0 Å². The van der Waals surface area contributed by atoms with Crippen LogP contribution in [-0.2, 0) is 12.7 Å². The summed E-state index contributed by atoms with van der Waals surface area (Å²) in [4.78, 5) is 18.4. The minimum atomic E-state index is -4.49. The van der Waals surface area contributed by atoms with Gasteiger partial charge >= 0.3 is 11.7 Å². The van der Waals surface area contributed by atoms with Crippen molar-refractivity contribution in [3.63, 3.8) is 0 Å². The number of halogens is 3. The third kappa shape index (κ3) is 4.95. The Morgan fingerprint density at radius 1 is 1.06 bits per heavy atom. The van der Waals surface area contributed by atoms with Gasteiger partial charge in [0.25, 0.3) is 5.65 Å². The number of hydrogen-bond donors (Lipinski definition) is 0. The molecule has 168 valence electrons. The molecule has 0 amide bonds. The van der Waals surface area contributed by atoms with Crippen LogP contribution in [0.15, 0.2) is 89.1 Å². The van der Waals surface area contributed by atoms with Gasteiger partial charge in [-0.2, -0.15) is 17.6 Å². The minimum absolute atomic E-state index is 0.179. The Hall–Kier alpha value is -3.94. The molecule has 0 N–H and O–H groups in total. The summed E-state index contributed by atoms with van der Waals surface area (Å²) in [5.41, 5.74) is 0.772. The number of para-hydroxylation sites is 1. The second-order valence-electron chi connectivity index (χ2n) is 7.48. The monoisotopic (exact) mass is 452 g/mol. The first kappa shape index (κ1) is 22.3. The molecule has 0 atom stereocenters. The maximum absolute atomic E-state index is 13.2. The van der Waals surface area contributed by atoms with Crippen LogP contribution in [-0.4, -0.2) is 10.6 Å². The average Bonchev–Trinajstić information content (AvgIpc) is 2.81. The molecule has 2 aromatic heterocycles. The van der Waals surface area contributed by atoms with Gasteiger partial charge in [0.2, 0.25) is 0 Å². The smallest absolute Gasteiger partial charge is 0.357 e. The number of hydrogen-bond acceptors (Lipinski definition) is 3. The van der Waals surface area contributed by atoms with Crippen LogP contribution in [0, 0.1) is 6.92 Å². The van der Waals surface area contributed by atoms with E-state index in [-0.39, 0.29) is 11.1 Å². The van der Waals surface area contributed by atoms with Crippen LogP contribution in [0.4, 0.5) is 13.2 Å². The lowest BCUT2D eigenvalue weighted by Gasteiger charge is -2.09. The summed E-state index contributed by atoms with van der Waals surface area (Å²) in [6, 6.07) is 17.6. The van der Waals surface area contributed by atoms with Crippen LogP contribution >= 0.6 is 0 Å². The Bertz CT molecular complexity index is 1380. The molecule has 0 spiro atoms. The van der Waals surface area contributed by atoms with Crippen LogP contribution < -0.4 is 15.0 Å². The van der Waals surface area contributed by atoms with E-state index in [1.165, 1.54) is 16.5 Å². The SMILES string of the molecule is Cc1ccccc1O/N=C/CC[n+]1cc(-c2cccc(C(F)(F)F)c2)c(=O)n2ccccc21. The number of fused-ring (bicyclic) bond motifs is 1. The van der Waals surface area contributed by atoms with E-state index >= 15 is 0 Å². The second kappa shape index (κ2) is 9.28. The van der Waals surface area contributed by atoms with Crippen LogP contribution in [0.2, 0.25) is 0 Å². The van der Waals surface area contributed by atoms with E-state index in [4.69, 9.17) is 4.84 Å². The van der Waals surface area contributed by atoms with Crippen molar-refractivity contribution in [1.82, 2.24) is 4.40 Å². The van der Waals surface area contributed by atoms with Gasteiger partial charge in [-0.1, -0.05) is 41.6 Å². The fourth-order valence-corrected chi connectivity index (χ4v) is 3.49. The molecule has 0 saturated carbocycles. The maximum atomic E-state index is 13.2. The van der Waals surface area contributed by atoms with Crippen molar-refractivity contribution in [2.45, 2.75) is 26.1 Å². The maximum Gasteiger partial charge on any atom is 0.416 e. The van der Waals surface area contributed by atoms with Crippen LogP contribution in [0.25, 0.3) is 16.8 Å². The number of oxime groups is 1. The Morgan fingerprint density at radius 2 is 1.85 bits per heavy atom. The number of pyridine rings is 1. The molecule has 0 aliphatic rings. The van der Waals surface area contributed by atoms with Gasteiger partial charge in [0, 0.05) is 18.7 Å². The summed E-state index contributed by atoms with van der Waals surface area (Å²) in [6.07, 6.45) is 0.797. The molecule has 8 heteroatoms. The molecule has 2 heterocycles. The quantitative estimate of drug-likeness (QED) is 0.234. The molecular formula is C25H21F3N3O2+. The summed E-state index contributed by atoms with van der Waals surface area (Å²) in [6.45, 7) is 2.37. The summed E-state index contributed by atoms with van der Waals surface area (Å²) in [5.74, 6) is 0.657. The Morgan fingerprint density at radius 3 is 2.64 bits per heavy atom. The van der Waals surface area contributed by atoms with Crippen LogP contribution in [0.1, 0.15) is 17.5 Å². The van der Waals surface area contributed by atoms with E-state index in [0.717, 1.165) is 17.7 Å². The number of benzene rings is 2. The zero-order valence-corrected chi connectivity index (χ0v) is 17.8. The van der Waals surface area contributed by atoms with Crippen molar-refractivity contribution in [2.24, 2.45) is 5.16 Å². The molecule has 0 aliphatic carbocycles. The zero-order chi connectivity index (χ0) is 23.4. The van der Waals surface area contributed by atoms with E-state index in [2.05, 4.69) is 5.16 Å². The number of aromatic nitrogens is 2.